The van der Waals surface area contributed by atoms with Crippen LogP contribution in [-0.4, -0.2) is 125 Å². The SMILES string of the molecule is CCCCCCCCCCCC(=O)OCC(COP(=O)([O-])OCC(O)COP(=O)([O-])OCC(COC(=O)CCCCCCCCCCC)OC(=O)CCCCCCCCCCC)OC(=O)CCCCCCCCCCC.O=C1C=CC2=C3c4cc(O)c(O)cc4CC3(O)COC2=C1O.[Na+].[Na+]. The van der Waals surface area contributed by atoms with E-state index in [0.717, 1.165) is 103 Å². The molecule has 0 aromatic heterocycles. The number of rotatable bonds is 58. The Morgan fingerprint density at radius 2 is 0.800 bits per heavy atom. The number of ether oxygens (including phenoxy) is 5. The van der Waals surface area contributed by atoms with Crippen molar-refractivity contribution in [2.45, 2.75) is 315 Å². The number of hydrogen-bond acceptors (Lipinski definition) is 23. The summed E-state index contributed by atoms with van der Waals surface area (Å²) in [6.07, 6.45) is 37.1. The first-order chi connectivity index (χ1) is 47.1. The van der Waals surface area contributed by atoms with Crippen molar-refractivity contribution in [2.75, 3.05) is 46.2 Å². The van der Waals surface area contributed by atoms with E-state index in [-0.39, 0.29) is 115 Å². The molecule has 1 heterocycles. The molecule has 23 nitrogen and oxygen atoms in total. The number of ketones is 1. The predicted octanol–water partition coefficient (Wildman–Crippen LogP) is 9.03. The standard InChI is InChI=1S/C57H110O17P2.C16H12O6.2Na/c1-5-9-13-17-21-25-29-33-37-41-54(59)67-47-52(73-56(61)43-39-35-31-27-23-19-15-11-7-3)49-71-75(63,64)69-45-51(58)46-70-76(65,66)72-50-53(74-57(62)44-40-36-32-28-24-20-16-12-8-4)48-68-55(60)42-38-34-30-26-22-18-14-10-6-2;17-10-2-1-8-13-9-4-12(19)11(18)3-7(9)5-16(13,21)6-22-15(8)14(10)20;;/h51-53,58H,5-50H2,1-4H3,(H,63,64)(H,65,66);1-4,18-21H,5-6H2;;/q;;2*+1/p-2. The molecule has 5 atom stereocenters. The molecule has 0 bridgehead atoms. The van der Waals surface area contributed by atoms with Gasteiger partial charge in [-0.3, -0.25) is 33.1 Å². The molecule has 27 heteroatoms. The molecule has 0 fully saturated rings. The number of aliphatic hydroxyl groups excluding tert-OH is 2. The quantitative estimate of drug-likeness (QED) is 0.0101. The summed E-state index contributed by atoms with van der Waals surface area (Å²) in [4.78, 5) is 87.8. The van der Waals surface area contributed by atoms with Gasteiger partial charge in [0.1, 0.15) is 31.5 Å². The zero-order valence-electron chi connectivity index (χ0n) is 61.5. The van der Waals surface area contributed by atoms with E-state index in [1.807, 2.05) is 0 Å². The molecule has 1 aliphatic heterocycles. The zero-order chi connectivity index (χ0) is 71.9. The van der Waals surface area contributed by atoms with Gasteiger partial charge in [0.2, 0.25) is 11.5 Å². The molecule has 562 valence electrons. The molecule has 4 rings (SSSR count). The summed E-state index contributed by atoms with van der Waals surface area (Å²) in [6.45, 7) is 4.24. The van der Waals surface area contributed by atoms with Crippen LogP contribution in [0.3, 0.4) is 0 Å². The van der Waals surface area contributed by atoms with Crippen molar-refractivity contribution >= 4 is 50.9 Å². The second kappa shape index (κ2) is 56.6. The van der Waals surface area contributed by atoms with Crippen LogP contribution in [0.25, 0.3) is 5.57 Å². The number of hydrogen-bond donors (Lipinski definition) is 5. The van der Waals surface area contributed by atoms with Crippen LogP contribution in [0.1, 0.15) is 296 Å². The monoisotopic (exact) mass is 1470 g/mol. The van der Waals surface area contributed by atoms with E-state index < -0.39 is 115 Å². The fourth-order valence-electron chi connectivity index (χ4n) is 11.6. The average Bonchev–Trinajstić information content (AvgIpc) is 1.55. The number of esters is 4. The van der Waals surface area contributed by atoms with Gasteiger partial charge in [-0.15, -0.1) is 0 Å². The maximum atomic E-state index is 12.8. The van der Waals surface area contributed by atoms with Crippen molar-refractivity contribution in [3.63, 3.8) is 0 Å². The van der Waals surface area contributed by atoms with Crippen molar-refractivity contribution in [3.8, 4) is 11.5 Å². The smallest absolute Gasteiger partial charge is 0.756 e. The molecule has 1 aromatic carbocycles. The summed E-state index contributed by atoms with van der Waals surface area (Å²) in [5.41, 5.74) is 0.797. The topological polar surface area (TPSA) is 350 Å². The Kier molecular flexibility index (Phi) is 54.0. The minimum Gasteiger partial charge on any atom is -0.756 e. The van der Waals surface area contributed by atoms with Gasteiger partial charge in [-0.05, 0) is 61.1 Å². The third-order valence-electron chi connectivity index (χ3n) is 17.3. The van der Waals surface area contributed by atoms with Gasteiger partial charge in [0.05, 0.1) is 26.4 Å². The third-order valence-corrected chi connectivity index (χ3v) is 19.2. The molecule has 5 N–H and O–H groups in total. The molecule has 5 unspecified atom stereocenters. The summed E-state index contributed by atoms with van der Waals surface area (Å²) >= 11 is 0. The molecule has 100 heavy (non-hydrogen) atoms. The van der Waals surface area contributed by atoms with Crippen LogP contribution in [-0.2, 0) is 81.3 Å². The van der Waals surface area contributed by atoms with Crippen molar-refractivity contribution in [2.24, 2.45) is 0 Å². The Bertz CT molecular complexity index is 2570. The average molecular weight is 1470 g/mol. The molecule has 0 spiro atoms. The van der Waals surface area contributed by atoms with Crippen LogP contribution in [0.4, 0.5) is 0 Å². The molecule has 0 saturated heterocycles. The molecule has 3 aliphatic rings. The van der Waals surface area contributed by atoms with Crippen molar-refractivity contribution in [3.05, 3.63) is 52.5 Å². The number of allylic oxidation sites excluding steroid dienone is 2. The number of phosphoric acid groups is 2. The van der Waals surface area contributed by atoms with E-state index >= 15 is 0 Å². The number of phosphoric ester groups is 2. The van der Waals surface area contributed by atoms with E-state index in [1.165, 1.54) is 127 Å². The number of phenols is 2. The van der Waals surface area contributed by atoms with Crippen LogP contribution in [0.5, 0.6) is 11.5 Å². The first-order valence-electron chi connectivity index (χ1n) is 37.0. The Balaban J connectivity index is 0.00000172. The number of aliphatic hydroxyl groups is 3. The number of fused-ring (bicyclic) bond motifs is 4. The van der Waals surface area contributed by atoms with Gasteiger partial charge in [-0.1, -0.05) is 233 Å². The summed E-state index contributed by atoms with van der Waals surface area (Å²) in [5, 5.41) is 50.5. The number of benzene rings is 1. The minimum atomic E-state index is -5.20. The largest absolute Gasteiger partial charge is 1.00 e. The fourth-order valence-corrected chi connectivity index (χ4v) is 13.2. The summed E-state index contributed by atoms with van der Waals surface area (Å²) in [6, 6.07) is 2.77. The van der Waals surface area contributed by atoms with Crippen LogP contribution in [0, 0.1) is 0 Å². The van der Waals surface area contributed by atoms with E-state index in [2.05, 4.69) is 27.7 Å². The third kappa shape index (κ3) is 42.5. The van der Waals surface area contributed by atoms with Gasteiger partial charge < -0.3 is 77.1 Å². The van der Waals surface area contributed by atoms with Crippen LogP contribution < -0.4 is 68.9 Å². The Morgan fingerprint density at radius 1 is 0.480 bits per heavy atom. The van der Waals surface area contributed by atoms with Gasteiger partial charge >= 0.3 is 83.0 Å². The van der Waals surface area contributed by atoms with E-state index in [4.69, 9.17) is 41.8 Å². The number of aromatic hydroxyl groups is 2. The van der Waals surface area contributed by atoms with Crippen molar-refractivity contribution in [1.82, 2.24) is 0 Å². The maximum Gasteiger partial charge on any atom is 1.00 e. The number of carbonyl (C=O) groups excluding carboxylic acids is 5. The van der Waals surface area contributed by atoms with E-state index in [1.54, 1.807) is 0 Å². The summed E-state index contributed by atoms with van der Waals surface area (Å²) in [5.74, 6) is -3.82. The molecule has 2 aliphatic carbocycles. The summed E-state index contributed by atoms with van der Waals surface area (Å²) in [7, 11) is -10.4. The molecule has 0 saturated carbocycles. The molecule has 0 radical (unpaired) electrons. The van der Waals surface area contributed by atoms with Gasteiger partial charge in [-0.2, -0.15) is 0 Å². The van der Waals surface area contributed by atoms with E-state index in [9.17, 15) is 68.4 Å². The van der Waals surface area contributed by atoms with Crippen LogP contribution >= 0.6 is 15.6 Å². The Labute approximate surface area is 640 Å². The van der Waals surface area contributed by atoms with Crippen molar-refractivity contribution < 1.29 is 169 Å². The zero-order valence-corrected chi connectivity index (χ0v) is 67.3. The van der Waals surface area contributed by atoms with Crippen LogP contribution in [0.15, 0.2) is 41.4 Å². The number of carbonyl (C=O) groups is 5. The Morgan fingerprint density at radius 3 is 1.16 bits per heavy atom. The second-order valence-corrected chi connectivity index (χ2v) is 29.1. The molecular weight excluding hydrogens is 1350 g/mol. The van der Waals surface area contributed by atoms with E-state index in [0.29, 0.717) is 48.0 Å². The fraction of sp³-hybridized carbons (Fsp3) is 0.767. The normalized spacial score (nSPS) is 16.6. The first kappa shape index (κ1) is 95.3. The van der Waals surface area contributed by atoms with Crippen molar-refractivity contribution in [1.29, 1.82) is 0 Å². The molecule has 1 aromatic rings. The number of unbranched alkanes of at least 4 members (excludes halogenated alkanes) is 32. The maximum absolute atomic E-state index is 12.8. The predicted molar refractivity (Wildman–Crippen MR) is 369 cm³/mol. The van der Waals surface area contributed by atoms with Gasteiger partial charge in [0.15, 0.2) is 29.5 Å². The van der Waals surface area contributed by atoms with Gasteiger partial charge in [0, 0.05) is 43.3 Å². The number of phenolic OH excluding ortho intramolecular Hbond substituents is 2. The Hall–Kier alpha value is -2.67. The van der Waals surface area contributed by atoms with Gasteiger partial charge in [0.25, 0.3) is 15.6 Å². The first-order valence-corrected chi connectivity index (χ1v) is 39.9. The van der Waals surface area contributed by atoms with Crippen LogP contribution in [0.2, 0.25) is 0 Å². The minimum absolute atomic E-state index is 0. The van der Waals surface area contributed by atoms with Gasteiger partial charge in [-0.25, -0.2) is 0 Å². The summed E-state index contributed by atoms with van der Waals surface area (Å²) < 4.78 is 72.1. The molecule has 0 amide bonds. The second-order valence-electron chi connectivity index (χ2n) is 26.3. The molecular formula is C73H120Na2O23P2.